The van der Waals surface area contributed by atoms with Crippen LogP contribution in [0.5, 0.6) is 11.5 Å². The molecule has 0 aliphatic carbocycles. The molecule has 10 heteroatoms. The quantitative estimate of drug-likeness (QED) is 0.267. The molecule has 0 aromatic heterocycles. The largest absolute Gasteiger partial charge is 0.493 e. The van der Waals surface area contributed by atoms with Gasteiger partial charge in [0.05, 0.1) is 28.4 Å². The third-order valence-electron chi connectivity index (χ3n) is 4.35. The highest BCUT2D eigenvalue weighted by atomic mass is 79.9. The summed E-state index contributed by atoms with van der Waals surface area (Å²) in [6, 6.07) is 7.07. The average molecular weight is 555 g/mol. The molecule has 1 unspecified atom stereocenters. The van der Waals surface area contributed by atoms with Crippen molar-refractivity contribution in [3.05, 3.63) is 56.0 Å². The van der Waals surface area contributed by atoms with Gasteiger partial charge in [-0.2, -0.15) is 5.10 Å². The maximum absolute atomic E-state index is 12.7. The van der Waals surface area contributed by atoms with Crippen LogP contribution in [-0.2, 0) is 4.79 Å². The summed E-state index contributed by atoms with van der Waals surface area (Å²) in [5, 5.41) is 7.27. The molecule has 2 amide bonds. The number of benzene rings is 2. The van der Waals surface area contributed by atoms with Gasteiger partial charge in [0.15, 0.2) is 11.5 Å². The standard InChI is InChI=1S/C23H22BrCl2N3O4/c1-5-8-33-21-17(24)9-14(10-19(21)32-4)12-27-29-23(31)20(13(2)3)28-22(30)16-7-6-15(25)11-18(16)26/h1,6-7,9-13,20H,8H2,2-4H3,(H,28,30)(H,29,31)/b27-12-. The van der Waals surface area contributed by atoms with Crippen molar-refractivity contribution in [2.45, 2.75) is 19.9 Å². The Morgan fingerprint density at radius 3 is 2.61 bits per heavy atom. The van der Waals surface area contributed by atoms with Gasteiger partial charge in [0.25, 0.3) is 11.8 Å². The summed E-state index contributed by atoms with van der Waals surface area (Å²) >= 11 is 15.4. The minimum Gasteiger partial charge on any atom is -0.493 e. The zero-order valence-corrected chi connectivity index (χ0v) is 21.2. The number of carbonyl (C=O) groups excluding carboxylic acids is 2. The van der Waals surface area contributed by atoms with E-state index in [1.54, 1.807) is 32.0 Å². The number of hydrazone groups is 1. The van der Waals surface area contributed by atoms with E-state index in [4.69, 9.17) is 39.1 Å². The van der Waals surface area contributed by atoms with Gasteiger partial charge in [-0.1, -0.05) is 43.0 Å². The number of rotatable bonds is 9. The van der Waals surface area contributed by atoms with Gasteiger partial charge in [0.1, 0.15) is 12.6 Å². The minimum absolute atomic E-state index is 0.0853. The third kappa shape index (κ3) is 7.39. The molecule has 0 aliphatic heterocycles. The molecule has 0 radical (unpaired) electrons. The molecule has 2 N–H and O–H groups in total. The highest BCUT2D eigenvalue weighted by Crippen LogP contribution is 2.36. The summed E-state index contributed by atoms with van der Waals surface area (Å²) in [6.07, 6.45) is 6.67. The second-order valence-corrected chi connectivity index (χ2v) is 8.78. The Labute approximate surface area is 210 Å². The van der Waals surface area contributed by atoms with Crippen molar-refractivity contribution in [2.24, 2.45) is 11.0 Å². The van der Waals surface area contributed by atoms with E-state index in [9.17, 15) is 9.59 Å². The monoisotopic (exact) mass is 553 g/mol. The maximum atomic E-state index is 12.7. The number of nitrogens with zero attached hydrogens (tertiary/aromatic N) is 1. The molecule has 0 saturated carbocycles. The zero-order chi connectivity index (χ0) is 24.5. The number of hydrogen-bond acceptors (Lipinski definition) is 5. The molecule has 0 bridgehead atoms. The first-order valence-electron chi connectivity index (χ1n) is 9.70. The van der Waals surface area contributed by atoms with Gasteiger partial charge < -0.3 is 14.8 Å². The number of methoxy groups -OCH3 is 1. The lowest BCUT2D eigenvalue weighted by Gasteiger charge is -2.20. The lowest BCUT2D eigenvalue weighted by molar-refractivity contribution is -0.123. The molecule has 174 valence electrons. The smallest absolute Gasteiger partial charge is 0.262 e. The van der Waals surface area contributed by atoms with Crippen LogP contribution >= 0.6 is 39.1 Å². The molecule has 0 aliphatic rings. The molecule has 1 atom stereocenters. The van der Waals surface area contributed by atoms with E-state index in [1.165, 1.54) is 25.5 Å². The summed E-state index contributed by atoms with van der Waals surface area (Å²) < 4.78 is 11.4. The highest BCUT2D eigenvalue weighted by molar-refractivity contribution is 9.10. The van der Waals surface area contributed by atoms with E-state index in [2.05, 4.69) is 37.7 Å². The number of carbonyl (C=O) groups is 2. The lowest BCUT2D eigenvalue weighted by Crippen LogP contribution is -2.48. The Balaban J connectivity index is 2.11. The number of hydrogen-bond donors (Lipinski definition) is 2. The molecule has 2 rings (SSSR count). The van der Waals surface area contributed by atoms with Crippen molar-refractivity contribution in [3.8, 4) is 23.8 Å². The fraction of sp³-hybridized carbons (Fsp3) is 0.261. The number of halogens is 3. The van der Waals surface area contributed by atoms with Crippen LogP contribution in [-0.4, -0.2) is 37.8 Å². The summed E-state index contributed by atoms with van der Waals surface area (Å²) in [5.41, 5.74) is 3.29. The van der Waals surface area contributed by atoms with Crippen LogP contribution in [0.3, 0.4) is 0 Å². The fourth-order valence-corrected chi connectivity index (χ4v) is 3.80. The van der Waals surface area contributed by atoms with Crippen LogP contribution in [0.1, 0.15) is 29.8 Å². The molecular formula is C23H22BrCl2N3O4. The Hall–Kier alpha value is -2.73. The summed E-state index contributed by atoms with van der Waals surface area (Å²) in [5.74, 6) is 2.10. The van der Waals surface area contributed by atoms with Gasteiger partial charge in [-0.15, -0.1) is 6.42 Å². The van der Waals surface area contributed by atoms with E-state index in [-0.39, 0.29) is 23.1 Å². The normalized spacial score (nSPS) is 11.7. The van der Waals surface area contributed by atoms with Crippen LogP contribution in [0, 0.1) is 18.3 Å². The summed E-state index contributed by atoms with van der Waals surface area (Å²) in [6.45, 7) is 3.69. The Bertz CT molecular complexity index is 1100. The van der Waals surface area contributed by atoms with Crippen molar-refractivity contribution in [1.82, 2.24) is 10.7 Å². The van der Waals surface area contributed by atoms with Crippen LogP contribution in [0.2, 0.25) is 10.0 Å². The predicted octanol–water partition coefficient (Wildman–Crippen LogP) is 4.68. The van der Waals surface area contributed by atoms with Crippen LogP contribution in [0.15, 0.2) is 39.9 Å². The van der Waals surface area contributed by atoms with Crippen LogP contribution in [0.25, 0.3) is 0 Å². The first-order chi connectivity index (χ1) is 15.7. The fourth-order valence-electron chi connectivity index (χ4n) is 2.74. The topological polar surface area (TPSA) is 89.0 Å². The SMILES string of the molecule is C#CCOc1c(Br)cc(/C=N\NC(=O)C(NC(=O)c2ccc(Cl)cc2Cl)C(C)C)cc1OC. The molecule has 0 fully saturated rings. The summed E-state index contributed by atoms with van der Waals surface area (Å²) in [4.78, 5) is 25.3. The Kier molecular flexibility index (Phi) is 10.0. The number of terminal acetylenes is 1. The second-order valence-electron chi connectivity index (χ2n) is 7.08. The highest BCUT2D eigenvalue weighted by Gasteiger charge is 2.25. The first kappa shape index (κ1) is 26.5. The second kappa shape index (κ2) is 12.5. The van der Waals surface area contributed by atoms with Gasteiger partial charge in [0, 0.05) is 5.02 Å². The molecule has 33 heavy (non-hydrogen) atoms. The van der Waals surface area contributed by atoms with Crippen LogP contribution in [0.4, 0.5) is 0 Å². The average Bonchev–Trinajstić information content (AvgIpc) is 2.75. The van der Waals surface area contributed by atoms with Crippen molar-refractivity contribution < 1.29 is 19.1 Å². The molecule has 2 aromatic carbocycles. The number of amides is 2. The molecule has 0 spiro atoms. The van der Waals surface area contributed by atoms with E-state index < -0.39 is 17.9 Å². The predicted molar refractivity (Wildman–Crippen MR) is 133 cm³/mol. The van der Waals surface area contributed by atoms with E-state index in [1.807, 2.05) is 0 Å². The van der Waals surface area contributed by atoms with E-state index >= 15 is 0 Å². The van der Waals surface area contributed by atoms with Crippen molar-refractivity contribution in [2.75, 3.05) is 13.7 Å². The van der Waals surface area contributed by atoms with Gasteiger partial charge >= 0.3 is 0 Å². The zero-order valence-electron chi connectivity index (χ0n) is 18.1. The molecule has 7 nitrogen and oxygen atoms in total. The summed E-state index contributed by atoms with van der Waals surface area (Å²) in [7, 11) is 1.50. The maximum Gasteiger partial charge on any atom is 0.262 e. The number of ether oxygens (including phenoxy) is 2. The van der Waals surface area contributed by atoms with Crippen LogP contribution < -0.4 is 20.2 Å². The van der Waals surface area contributed by atoms with E-state index in [0.29, 0.717) is 26.6 Å². The van der Waals surface area contributed by atoms with Gasteiger partial charge in [0.2, 0.25) is 0 Å². The van der Waals surface area contributed by atoms with Gasteiger partial charge in [-0.05, 0) is 57.7 Å². The molecular weight excluding hydrogens is 533 g/mol. The van der Waals surface area contributed by atoms with Crippen molar-refractivity contribution in [3.63, 3.8) is 0 Å². The van der Waals surface area contributed by atoms with E-state index in [0.717, 1.165) is 0 Å². The third-order valence-corrected chi connectivity index (χ3v) is 5.49. The Morgan fingerprint density at radius 2 is 2.00 bits per heavy atom. The molecule has 0 heterocycles. The van der Waals surface area contributed by atoms with Gasteiger partial charge in [-0.3, -0.25) is 9.59 Å². The number of nitrogens with one attached hydrogen (secondary N) is 2. The Morgan fingerprint density at radius 1 is 1.27 bits per heavy atom. The first-order valence-corrected chi connectivity index (χ1v) is 11.3. The lowest BCUT2D eigenvalue weighted by atomic mass is 10.0. The van der Waals surface area contributed by atoms with Crippen molar-refractivity contribution >= 4 is 57.2 Å². The minimum atomic E-state index is -0.845. The van der Waals surface area contributed by atoms with Crippen molar-refractivity contribution in [1.29, 1.82) is 0 Å². The molecule has 2 aromatic rings. The van der Waals surface area contributed by atoms with Gasteiger partial charge in [-0.25, -0.2) is 5.43 Å². The molecule has 0 saturated heterocycles.